The van der Waals surface area contributed by atoms with Gasteiger partial charge in [-0.25, -0.2) is 0 Å². The van der Waals surface area contributed by atoms with E-state index in [4.69, 9.17) is 18.9 Å². The lowest BCUT2D eigenvalue weighted by molar-refractivity contribution is 0.101. The summed E-state index contributed by atoms with van der Waals surface area (Å²) in [6.45, 7) is 3.69. The number of likely N-dealkylation sites (tertiary alicyclic amines) is 1. The maximum atomic E-state index is 13.1. The zero-order valence-electron chi connectivity index (χ0n) is 18.9. The highest BCUT2D eigenvalue weighted by Gasteiger charge is 2.33. The van der Waals surface area contributed by atoms with E-state index in [0.29, 0.717) is 52.3 Å². The van der Waals surface area contributed by atoms with Crippen LogP contribution in [0.5, 0.6) is 28.7 Å². The van der Waals surface area contributed by atoms with Crippen LogP contribution < -0.4 is 18.9 Å². The zero-order chi connectivity index (χ0) is 22.8. The van der Waals surface area contributed by atoms with Gasteiger partial charge in [-0.15, -0.1) is 0 Å². The standard InChI is InChI=1S/C25H29NO6/c1-15-7-5-6-12-26(15)14-18-19(27)10-9-17-22(28)21(32-24(17)18)13-16-8-11-20(29-2)25(31-4)23(16)30-3/h8-11,13,15,27H,5-7,12,14H2,1-4H3. The molecule has 1 atom stereocenters. The van der Waals surface area contributed by atoms with Crippen LogP contribution in [0.25, 0.3) is 6.08 Å². The van der Waals surface area contributed by atoms with E-state index >= 15 is 0 Å². The monoisotopic (exact) mass is 439 g/mol. The Labute approximate surface area is 188 Å². The minimum Gasteiger partial charge on any atom is -0.507 e. The molecule has 1 N–H and O–H groups in total. The summed E-state index contributed by atoms with van der Waals surface area (Å²) in [6, 6.07) is 7.13. The van der Waals surface area contributed by atoms with E-state index in [9.17, 15) is 9.90 Å². The average Bonchev–Trinajstić information content (AvgIpc) is 3.11. The third-order valence-corrected chi connectivity index (χ3v) is 6.24. The molecule has 0 aromatic heterocycles. The number of rotatable bonds is 6. The van der Waals surface area contributed by atoms with E-state index in [1.165, 1.54) is 20.6 Å². The lowest BCUT2D eigenvalue weighted by Gasteiger charge is -2.33. The summed E-state index contributed by atoms with van der Waals surface area (Å²) in [6.07, 6.45) is 5.10. The van der Waals surface area contributed by atoms with Crippen LogP contribution in [-0.2, 0) is 6.54 Å². The Balaban J connectivity index is 1.70. The van der Waals surface area contributed by atoms with Crippen molar-refractivity contribution < 1.29 is 28.8 Å². The molecule has 2 aliphatic rings. The van der Waals surface area contributed by atoms with Crippen LogP contribution in [0.2, 0.25) is 0 Å². The van der Waals surface area contributed by atoms with Gasteiger partial charge in [0, 0.05) is 18.2 Å². The van der Waals surface area contributed by atoms with Crippen molar-refractivity contribution in [3.63, 3.8) is 0 Å². The van der Waals surface area contributed by atoms with Gasteiger partial charge < -0.3 is 24.1 Å². The normalized spacial score (nSPS) is 19.6. The number of methoxy groups -OCH3 is 3. The predicted octanol–water partition coefficient (Wildman–Crippen LogP) is 4.41. The minimum atomic E-state index is -0.232. The van der Waals surface area contributed by atoms with Gasteiger partial charge in [0.1, 0.15) is 11.5 Å². The molecule has 170 valence electrons. The van der Waals surface area contributed by atoms with Gasteiger partial charge in [-0.05, 0) is 56.7 Å². The second kappa shape index (κ2) is 9.12. The summed E-state index contributed by atoms with van der Waals surface area (Å²) in [7, 11) is 4.61. The molecule has 2 heterocycles. The Bertz CT molecular complexity index is 1060. The van der Waals surface area contributed by atoms with E-state index in [-0.39, 0.29) is 17.3 Å². The quantitative estimate of drug-likeness (QED) is 0.668. The summed E-state index contributed by atoms with van der Waals surface area (Å²) in [5.41, 5.74) is 1.72. The molecule has 0 bridgehead atoms. The molecule has 1 fully saturated rings. The van der Waals surface area contributed by atoms with E-state index in [2.05, 4.69) is 11.8 Å². The van der Waals surface area contributed by atoms with Crippen molar-refractivity contribution in [2.24, 2.45) is 0 Å². The third-order valence-electron chi connectivity index (χ3n) is 6.24. The van der Waals surface area contributed by atoms with Gasteiger partial charge in [-0.2, -0.15) is 0 Å². The van der Waals surface area contributed by atoms with E-state index in [0.717, 1.165) is 19.4 Å². The molecule has 0 aliphatic carbocycles. The van der Waals surface area contributed by atoms with Crippen molar-refractivity contribution in [3.05, 3.63) is 46.7 Å². The van der Waals surface area contributed by atoms with E-state index < -0.39 is 0 Å². The second-order valence-corrected chi connectivity index (χ2v) is 8.12. The van der Waals surface area contributed by atoms with Crippen LogP contribution in [0.1, 0.15) is 47.7 Å². The maximum absolute atomic E-state index is 13.1. The van der Waals surface area contributed by atoms with Crippen LogP contribution in [0, 0.1) is 0 Å². The van der Waals surface area contributed by atoms with E-state index in [1.807, 2.05) is 0 Å². The fourth-order valence-corrected chi connectivity index (χ4v) is 4.42. The first-order chi connectivity index (χ1) is 15.5. The molecular weight excluding hydrogens is 410 g/mol. The Morgan fingerprint density at radius 1 is 1.09 bits per heavy atom. The van der Waals surface area contributed by atoms with Crippen LogP contribution in [-0.4, -0.2) is 49.7 Å². The molecule has 7 heteroatoms. The first-order valence-corrected chi connectivity index (χ1v) is 10.8. The molecule has 7 nitrogen and oxygen atoms in total. The summed E-state index contributed by atoms with van der Waals surface area (Å²) in [5.74, 6) is 1.91. The summed E-state index contributed by atoms with van der Waals surface area (Å²) >= 11 is 0. The highest BCUT2D eigenvalue weighted by molar-refractivity contribution is 6.15. The number of piperidine rings is 1. The molecule has 2 aromatic rings. The topological polar surface area (TPSA) is 77.5 Å². The fraction of sp³-hybridized carbons (Fsp3) is 0.400. The first-order valence-electron chi connectivity index (χ1n) is 10.8. The van der Waals surface area contributed by atoms with Crippen molar-refractivity contribution >= 4 is 11.9 Å². The largest absolute Gasteiger partial charge is 0.507 e. The molecule has 0 spiro atoms. The highest BCUT2D eigenvalue weighted by atomic mass is 16.5. The number of hydrogen-bond acceptors (Lipinski definition) is 7. The Morgan fingerprint density at radius 2 is 1.88 bits per heavy atom. The van der Waals surface area contributed by atoms with Gasteiger partial charge >= 0.3 is 0 Å². The molecule has 0 amide bonds. The molecule has 1 unspecified atom stereocenters. The number of phenolic OH excluding ortho intramolecular Hbond substituents is 1. The number of carbonyl (C=O) groups is 1. The average molecular weight is 440 g/mol. The summed E-state index contributed by atoms with van der Waals surface area (Å²) in [5, 5.41) is 10.6. The first kappa shape index (κ1) is 22.0. The van der Waals surface area contributed by atoms with Crippen molar-refractivity contribution in [1.29, 1.82) is 0 Å². The number of allylic oxidation sites excluding steroid dienone is 1. The Morgan fingerprint density at radius 3 is 2.56 bits per heavy atom. The number of benzene rings is 2. The Kier molecular flexibility index (Phi) is 6.28. The summed E-state index contributed by atoms with van der Waals surface area (Å²) in [4.78, 5) is 15.4. The van der Waals surface area contributed by atoms with Crippen LogP contribution >= 0.6 is 0 Å². The van der Waals surface area contributed by atoms with Gasteiger partial charge in [0.15, 0.2) is 17.3 Å². The van der Waals surface area contributed by atoms with Gasteiger partial charge in [0.25, 0.3) is 0 Å². The number of aromatic hydroxyl groups is 1. The molecule has 0 radical (unpaired) electrons. The van der Waals surface area contributed by atoms with Crippen molar-refractivity contribution in [2.75, 3.05) is 27.9 Å². The van der Waals surface area contributed by atoms with Crippen LogP contribution in [0.3, 0.4) is 0 Å². The van der Waals surface area contributed by atoms with Crippen LogP contribution in [0.15, 0.2) is 30.0 Å². The minimum absolute atomic E-state index is 0.138. The van der Waals surface area contributed by atoms with Gasteiger partial charge in [0.05, 0.1) is 32.5 Å². The third kappa shape index (κ3) is 3.88. The molecule has 4 rings (SSSR count). The van der Waals surface area contributed by atoms with Crippen molar-refractivity contribution in [1.82, 2.24) is 4.90 Å². The van der Waals surface area contributed by atoms with Gasteiger partial charge in [-0.3, -0.25) is 9.69 Å². The molecule has 1 saturated heterocycles. The number of fused-ring (bicyclic) bond motifs is 1. The molecule has 32 heavy (non-hydrogen) atoms. The second-order valence-electron chi connectivity index (χ2n) is 8.12. The molecule has 2 aliphatic heterocycles. The zero-order valence-corrected chi connectivity index (χ0v) is 18.9. The number of nitrogens with zero attached hydrogens (tertiary/aromatic N) is 1. The number of ketones is 1. The lowest BCUT2D eigenvalue weighted by Crippen LogP contribution is -2.36. The highest BCUT2D eigenvalue weighted by Crippen LogP contribution is 2.44. The van der Waals surface area contributed by atoms with Gasteiger partial charge in [-0.1, -0.05) is 6.42 Å². The Hall–Kier alpha value is -3.19. The molecule has 2 aromatic carbocycles. The smallest absolute Gasteiger partial charge is 0.231 e. The van der Waals surface area contributed by atoms with Crippen molar-refractivity contribution in [2.45, 2.75) is 38.8 Å². The summed E-state index contributed by atoms with van der Waals surface area (Å²) < 4.78 is 22.3. The van der Waals surface area contributed by atoms with Gasteiger partial charge in [0.2, 0.25) is 11.5 Å². The number of carbonyl (C=O) groups excluding carboxylic acids is 1. The fourth-order valence-electron chi connectivity index (χ4n) is 4.42. The number of Topliss-reactive ketones (excluding diaryl/α,β-unsaturated/α-hetero) is 1. The van der Waals surface area contributed by atoms with Crippen molar-refractivity contribution in [3.8, 4) is 28.7 Å². The SMILES string of the molecule is COc1ccc(C=C2Oc3c(ccc(O)c3CN3CCCCC3C)C2=O)c(OC)c1OC. The number of phenols is 1. The molecule has 0 saturated carbocycles. The number of ether oxygens (including phenoxy) is 4. The number of hydrogen-bond donors (Lipinski definition) is 1. The predicted molar refractivity (Wildman–Crippen MR) is 121 cm³/mol. The molecular formula is C25H29NO6. The lowest BCUT2D eigenvalue weighted by atomic mass is 10.0. The van der Waals surface area contributed by atoms with Crippen LogP contribution in [0.4, 0.5) is 0 Å². The van der Waals surface area contributed by atoms with E-state index in [1.54, 1.807) is 37.5 Å². The maximum Gasteiger partial charge on any atom is 0.231 e.